The van der Waals surface area contributed by atoms with Crippen LogP contribution in [0.2, 0.25) is 0 Å². The molecule has 1 saturated carbocycles. The van der Waals surface area contributed by atoms with Crippen molar-refractivity contribution in [3.05, 3.63) is 72.3 Å². The van der Waals surface area contributed by atoms with Crippen LogP contribution in [0, 0.1) is 5.92 Å². The van der Waals surface area contributed by atoms with E-state index < -0.39 is 11.9 Å². The van der Waals surface area contributed by atoms with Crippen molar-refractivity contribution < 1.29 is 24.3 Å². The molecule has 0 saturated heterocycles. The lowest BCUT2D eigenvalue weighted by Gasteiger charge is -2.30. The van der Waals surface area contributed by atoms with Gasteiger partial charge in [-0.25, -0.2) is 4.79 Å². The number of nitrogens with one attached hydrogen (secondary N) is 1. The highest BCUT2D eigenvalue weighted by atomic mass is 16.4. The zero-order valence-electron chi connectivity index (χ0n) is 18.0. The first-order valence-corrected chi connectivity index (χ1v) is 10.9. The molecule has 2 aliphatic rings. The fourth-order valence-electron chi connectivity index (χ4n) is 4.63. The Morgan fingerprint density at radius 2 is 1.67 bits per heavy atom. The Bertz CT molecular complexity index is 1100. The van der Waals surface area contributed by atoms with Crippen molar-refractivity contribution in [3.8, 4) is 0 Å². The zero-order valence-corrected chi connectivity index (χ0v) is 18.0. The quantitative estimate of drug-likeness (QED) is 0.662. The summed E-state index contributed by atoms with van der Waals surface area (Å²) in [7, 11) is 0. The third kappa shape index (κ3) is 4.79. The number of carboxylic acid groups (broad SMARTS) is 1. The molecule has 0 radical (unpaired) electrons. The van der Waals surface area contributed by atoms with Crippen LogP contribution in [0.15, 0.2) is 66.7 Å². The van der Waals surface area contributed by atoms with Gasteiger partial charge in [-0.3, -0.25) is 14.4 Å². The van der Waals surface area contributed by atoms with Crippen LogP contribution >= 0.6 is 0 Å². The highest BCUT2D eigenvalue weighted by molar-refractivity contribution is 6.08. The largest absolute Gasteiger partial charge is 0.478 e. The maximum Gasteiger partial charge on any atom is 0.328 e. The van der Waals surface area contributed by atoms with Crippen LogP contribution in [-0.4, -0.2) is 41.4 Å². The predicted molar refractivity (Wildman–Crippen MR) is 122 cm³/mol. The summed E-state index contributed by atoms with van der Waals surface area (Å²) in [4.78, 5) is 52.8. The third-order valence-corrected chi connectivity index (χ3v) is 6.07. The Morgan fingerprint density at radius 3 is 2.39 bits per heavy atom. The van der Waals surface area contributed by atoms with E-state index in [4.69, 9.17) is 5.11 Å². The Labute approximate surface area is 191 Å². The number of carbonyl (C=O) groups excluding carboxylic acids is 3. The minimum absolute atomic E-state index is 0.00229. The normalized spacial score (nSPS) is 19.7. The van der Waals surface area contributed by atoms with E-state index in [1.54, 1.807) is 9.80 Å². The van der Waals surface area contributed by atoms with E-state index in [2.05, 4.69) is 5.32 Å². The molecule has 8 nitrogen and oxygen atoms in total. The number of rotatable bonds is 6. The minimum Gasteiger partial charge on any atom is -0.478 e. The number of nitrogens with zero attached hydrogens (tertiary/aromatic N) is 2. The molecule has 2 aromatic rings. The predicted octanol–water partition coefficient (Wildman–Crippen LogP) is 2.49. The zero-order chi connectivity index (χ0) is 23.4. The molecule has 0 spiro atoms. The molecule has 170 valence electrons. The monoisotopic (exact) mass is 447 g/mol. The van der Waals surface area contributed by atoms with Crippen LogP contribution < -0.4 is 15.1 Å². The number of carboxylic acids is 1. The molecule has 1 aliphatic heterocycles. The van der Waals surface area contributed by atoms with Gasteiger partial charge >= 0.3 is 5.97 Å². The first-order valence-electron chi connectivity index (χ1n) is 10.9. The number of benzene rings is 2. The van der Waals surface area contributed by atoms with Crippen molar-refractivity contribution in [2.75, 3.05) is 16.3 Å². The number of amides is 3. The Morgan fingerprint density at radius 1 is 0.970 bits per heavy atom. The number of aliphatic carboxylic acids is 1. The summed E-state index contributed by atoms with van der Waals surface area (Å²) in [5.74, 6) is -2.58. The molecule has 3 amide bonds. The van der Waals surface area contributed by atoms with Gasteiger partial charge in [0.1, 0.15) is 0 Å². The van der Waals surface area contributed by atoms with Gasteiger partial charge in [0.15, 0.2) is 0 Å². The minimum atomic E-state index is -1.25. The van der Waals surface area contributed by atoms with Gasteiger partial charge in [0.25, 0.3) is 0 Å². The fourth-order valence-corrected chi connectivity index (χ4v) is 4.63. The molecule has 1 heterocycles. The summed E-state index contributed by atoms with van der Waals surface area (Å²) in [6.07, 6.45) is 3.81. The maximum atomic E-state index is 13.6. The first-order chi connectivity index (χ1) is 16.0. The molecule has 4 rings (SSSR count). The van der Waals surface area contributed by atoms with Gasteiger partial charge in [-0.1, -0.05) is 48.9 Å². The molecule has 33 heavy (non-hydrogen) atoms. The van der Waals surface area contributed by atoms with Crippen molar-refractivity contribution in [1.29, 1.82) is 0 Å². The molecule has 1 aliphatic carbocycles. The van der Waals surface area contributed by atoms with E-state index in [1.807, 2.05) is 54.6 Å². The second-order valence-corrected chi connectivity index (χ2v) is 8.16. The van der Waals surface area contributed by atoms with Gasteiger partial charge in [0.05, 0.1) is 30.4 Å². The Balaban J connectivity index is 1.65. The second kappa shape index (κ2) is 9.68. The van der Waals surface area contributed by atoms with E-state index in [0.29, 0.717) is 36.8 Å². The molecular weight excluding hydrogens is 422 g/mol. The Kier molecular flexibility index (Phi) is 6.53. The number of anilines is 2. The van der Waals surface area contributed by atoms with Crippen LogP contribution in [0.3, 0.4) is 0 Å². The van der Waals surface area contributed by atoms with Crippen LogP contribution in [-0.2, 0) is 25.7 Å². The third-order valence-electron chi connectivity index (χ3n) is 6.07. The fraction of sp³-hybridized carbons (Fsp3) is 0.280. The van der Waals surface area contributed by atoms with Gasteiger partial charge in [0, 0.05) is 18.2 Å². The standard InChI is InChI=1S/C25H25N3O5/c29-22(13-14-24(31)32)26-15-23(30)28-19-12-6-9-18(19)25(33)27(16-17-7-2-1-3-8-17)20-10-4-5-11-21(20)28/h1-5,7-8,10-11,13-14,18-19H,6,9,12,15-16H2,(H,26,29)(H,31,32)/t18-,19+/m0/s1. The molecule has 2 N–H and O–H groups in total. The lowest BCUT2D eigenvalue weighted by molar-refractivity contribution is -0.131. The van der Waals surface area contributed by atoms with Crippen molar-refractivity contribution in [2.24, 2.45) is 5.92 Å². The summed E-state index contributed by atoms with van der Waals surface area (Å²) in [6.45, 7) is 0.103. The van der Waals surface area contributed by atoms with E-state index in [1.165, 1.54) is 0 Å². The molecule has 0 bridgehead atoms. The van der Waals surface area contributed by atoms with Crippen LogP contribution in [0.4, 0.5) is 11.4 Å². The smallest absolute Gasteiger partial charge is 0.328 e. The van der Waals surface area contributed by atoms with Crippen molar-refractivity contribution in [3.63, 3.8) is 0 Å². The van der Waals surface area contributed by atoms with Gasteiger partial charge in [-0.15, -0.1) is 0 Å². The molecule has 2 aromatic carbocycles. The van der Waals surface area contributed by atoms with Crippen LogP contribution in [0.1, 0.15) is 24.8 Å². The maximum absolute atomic E-state index is 13.6. The molecule has 8 heteroatoms. The van der Waals surface area contributed by atoms with E-state index in [0.717, 1.165) is 18.1 Å². The molecule has 0 unspecified atom stereocenters. The molecule has 0 aromatic heterocycles. The van der Waals surface area contributed by atoms with E-state index >= 15 is 0 Å². The van der Waals surface area contributed by atoms with Crippen molar-refractivity contribution >= 4 is 35.1 Å². The number of carbonyl (C=O) groups is 4. The van der Waals surface area contributed by atoms with E-state index in [-0.39, 0.29) is 30.3 Å². The highest BCUT2D eigenvalue weighted by Crippen LogP contribution is 2.43. The van der Waals surface area contributed by atoms with Crippen molar-refractivity contribution in [2.45, 2.75) is 31.8 Å². The number of fused-ring (bicyclic) bond motifs is 2. The number of hydrogen-bond acceptors (Lipinski definition) is 4. The lowest BCUT2D eigenvalue weighted by atomic mass is 10.0. The lowest BCUT2D eigenvalue weighted by Crippen LogP contribution is -2.48. The first kappa shape index (κ1) is 22.3. The van der Waals surface area contributed by atoms with Crippen LogP contribution in [0.25, 0.3) is 0 Å². The van der Waals surface area contributed by atoms with Crippen LogP contribution in [0.5, 0.6) is 0 Å². The average Bonchev–Trinajstić information content (AvgIpc) is 3.27. The SMILES string of the molecule is O=C(O)C=CC(=O)NCC(=O)N1c2ccccc2N(Cc2ccccc2)C(=O)[C@H]2CCC[C@H]21. The number of para-hydroxylation sites is 2. The van der Waals surface area contributed by atoms with Gasteiger partial charge < -0.3 is 20.2 Å². The highest BCUT2D eigenvalue weighted by Gasteiger charge is 2.45. The summed E-state index contributed by atoms with van der Waals surface area (Å²) in [5, 5.41) is 11.1. The second-order valence-electron chi connectivity index (χ2n) is 8.16. The topological polar surface area (TPSA) is 107 Å². The average molecular weight is 447 g/mol. The summed E-state index contributed by atoms with van der Waals surface area (Å²) in [5.41, 5.74) is 2.29. The summed E-state index contributed by atoms with van der Waals surface area (Å²) >= 11 is 0. The van der Waals surface area contributed by atoms with Gasteiger partial charge in [0.2, 0.25) is 17.7 Å². The Hall–Kier alpha value is -3.94. The van der Waals surface area contributed by atoms with Gasteiger partial charge in [-0.05, 0) is 30.5 Å². The molecular formula is C25H25N3O5. The molecule has 2 atom stereocenters. The summed E-state index contributed by atoms with van der Waals surface area (Å²) < 4.78 is 0. The molecule has 1 fully saturated rings. The van der Waals surface area contributed by atoms with E-state index in [9.17, 15) is 19.2 Å². The van der Waals surface area contributed by atoms with Crippen molar-refractivity contribution in [1.82, 2.24) is 5.32 Å². The number of hydrogen-bond donors (Lipinski definition) is 2. The van der Waals surface area contributed by atoms with Gasteiger partial charge in [-0.2, -0.15) is 0 Å². The summed E-state index contributed by atoms with van der Waals surface area (Å²) in [6, 6.07) is 16.8.